The van der Waals surface area contributed by atoms with Crippen LogP contribution in [0, 0.1) is 0 Å². The van der Waals surface area contributed by atoms with Gasteiger partial charge in [-0.2, -0.15) is 0 Å². The number of carbonyl (C=O) groups excluding carboxylic acids is 3. The Morgan fingerprint density at radius 1 is 1.00 bits per heavy atom. The van der Waals surface area contributed by atoms with Crippen molar-refractivity contribution in [3.8, 4) is 0 Å². The quantitative estimate of drug-likeness (QED) is 0.778. The Balaban J connectivity index is 2.10. The standard InChI is InChI=1S/C21H20N2O5/c1-3-28-20(25)16-17(13-7-5-4-6-8-13)22-21(26)23-18(16)14-9-11-15(12-10-14)19(24)27-2/h4-12,18H,3H2,1-2H3,(H2,22,23,26)/t18-/m1/s1. The van der Waals surface area contributed by atoms with Crippen LogP contribution in [0.15, 0.2) is 60.2 Å². The maximum atomic E-state index is 12.7. The normalized spacial score (nSPS) is 16.1. The summed E-state index contributed by atoms with van der Waals surface area (Å²) in [5.74, 6) is -0.997. The van der Waals surface area contributed by atoms with Crippen LogP contribution in [0.3, 0.4) is 0 Å². The fourth-order valence-electron chi connectivity index (χ4n) is 3.01. The van der Waals surface area contributed by atoms with Crippen molar-refractivity contribution in [2.75, 3.05) is 13.7 Å². The number of urea groups is 1. The zero-order valence-electron chi connectivity index (χ0n) is 15.5. The molecule has 2 amide bonds. The van der Waals surface area contributed by atoms with Gasteiger partial charge in [0.15, 0.2) is 0 Å². The number of ether oxygens (including phenoxy) is 2. The average molecular weight is 380 g/mol. The lowest BCUT2D eigenvalue weighted by Crippen LogP contribution is -2.45. The van der Waals surface area contributed by atoms with Gasteiger partial charge in [0.05, 0.1) is 36.6 Å². The first-order chi connectivity index (χ1) is 13.5. The van der Waals surface area contributed by atoms with Gasteiger partial charge in [-0.15, -0.1) is 0 Å². The molecule has 28 heavy (non-hydrogen) atoms. The molecule has 0 saturated carbocycles. The number of amides is 2. The van der Waals surface area contributed by atoms with Crippen molar-refractivity contribution in [3.63, 3.8) is 0 Å². The molecular formula is C21H20N2O5. The van der Waals surface area contributed by atoms with E-state index in [0.717, 1.165) is 0 Å². The highest BCUT2D eigenvalue weighted by Crippen LogP contribution is 2.32. The van der Waals surface area contributed by atoms with E-state index in [1.807, 2.05) is 18.2 Å². The lowest BCUT2D eigenvalue weighted by molar-refractivity contribution is -0.138. The lowest BCUT2D eigenvalue weighted by Gasteiger charge is -2.29. The van der Waals surface area contributed by atoms with Gasteiger partial charge in [-0.3, -0.25) is 0 Å². The minimum atomic E-state index is -0.727. The molecule has 2 aromatic rings. The van der Waals surface area contributed by atoms with Crippen molar-refractivity contribution in [2.24, 2.45) is 0 Å². The molecule has 0 fully saturated rings. The van der Waals surface area contributed by atoms with Crippen LogP contribution in [0.2, 0.25) is 0 Å². The highest BCUT2D eigenvalue weighted by Gasteiger charge is 2.34. The van der Waals surface area contributed by atoms with E-state index in [1.165, 1.54) is 7.11 Å². The van der Waals surface area contributed by atoms with Crippen LogP contribution >= 0.6 is 0 Å². The van der Waals surface area contributed by atoms with Crippen LogP contribution in [0.5, 0.6) is 0 Å². The summed E-state index contributed by atoms with van der Waals surface area (Å²) in [7, 11) is 1.30. The Morgan fingerprint density at radius 3 is 2.29 bits per heavy atom. The highest BCUT2D eigenvalue weighted by atomic mass is 16.5. The Labute approximate surface area is 162 Å². The number of carbonyl (C=O) groups is 3. The SMILES string of the molecule is CCOC(=O)C1=C(c2ccccc2)NC(=O)N[C@@H]1c1ccc(C(=O)OC)cc1. The minimum Gasteiger partial charge on any atom is -0.465 e. The highest BCUT2D eigenvalue weighted by molar-refractivity contribution is 6.04. The first kappa shape index (κ1) is 19.2. The minimum absolute atomic E-state index is 0.201. The molecule has 2 aromatic carbocycles. The molecule has 1 aliphatic rings. The monoisotopic (exact) mass is 380 g/mol. The van der Waals surface area contributed by atoms with Crippen molar-refractivity contribution in [2.45, 2.75) is 13.0 Å². The van der Waals surface area contributed by atoms with Crippen molar-refractivity contribution < 1.29 is 23.9 Å². The molecule has 0 bridgehead atoms. The Hall–Kier alpha value is -3.61. The second-order valence-electron chi connectivity index (χ2n) is 6.02. The molecule has 1 aliphatic heterocycles. The fourth-order valence-corrected chi connectivity index (χ4v) is 3.01. The van der Waals surface area contributed by atoms with E-state index in [1.54, 1.807) is 43.3 Å². The molecule has 0 aliphatic carbocycles. The maximum Gasteiger partial charge on any atom is 0.338 e. The van der Waals surface area contributed by atoms with E-state index >= 15 is 0 Å². The topological polar surface area (TPSA) is 93.7 Å². The van der Waals surface area contributed by atoms with Crippen molar-refractivity contribution in [3.05, 3.63) is 76.9 Å². The molecule has 3 rings (SSSR count). The number of nitrogens with one attached hydrogen (secondary N) is 2. The van der Waals surface area contributed by atoms with Crippen molar-refractivity contribution >= 4 is 23.7 Å². The number of methoxy groups -OCH3 is 1. The summed E-state index contributed by atoms with van der Waals surface area (Å²) in [5.41, 5.74) is 2.38. The summed E-state index contributed by atoms with van der Waals surface area (Å²) in [6.45, 7) is 1.92. The molecule has 0 unspecified atom stereocenters. The van der Waals surface area contributed by atoms with Gasteiger partial charge in [-0.25, -0.2) is 14.4 Å². The van der Waals surface area contributed by atoms with E-state index in [-0.39, 0.29) is 6.61 Å². The number of rotatable bonds is 5. The number of hydrogen-bond donors (Lipinski definition) is 2. The molecular weight excluding hydrogens is 360 g/mol. The van der Waals surface area contributed by atoms with Gasteiger partial charge >= 0.3 is 18.0 Å². The average Bonchev–Trinajstić information content (AvgIpc) is 2.73. The van der Waals surface area contributed by atoms with Gasteiger partial charge in [0.25, 0.3) is 0 Å². The second-order valence-corrected chi connectivity index (χ2v) is 6.02. The molecule has 1 heterocycles. The summed E-state index contributed by atoms with van der Waals surface area (Å²) < 4.78 is 9.94. The van der Waals surface area contributed by atoms with Gasteiger partial charge in [-0.1, -0.05) is 42.5 Å². The number of esters is 2. The van der Waals surface area contributed by atoms with Gasteiger partial charge in [-0.05, 0) is 30.2 Å². The summed E-state index contributed by atoms with van der Waals surface area (Å²) in [6, 6.07) is 14.4. The molecule has 2 N–H and O–H groups in total. The van der Waals surface area contributed by atoms with E-state index in [2.05, 4.69) is 10.6 Å². The van der Waals surface area contributed by atoms with Gasteiger partial charge < -0.3 is 20.1 Å². The Bertz CT molecular complexity index is 920. The molecule has 0 spiro atoms. The molecule has 7 nitrogen and oxygen atoms in total. The van der Waals surface area contributed by atoms with Crippen LogP contribution in [0.1, 0.15) is 34.5 Å². The van der Waals surface area contributed by atoms with E-state index in [0.29, 0.717) is 28.0 Å². The van der Waals surface area contributed by atoms with Gasteiger partial charge in [0.2, 0.25) is 0 Å². The fraction of sp³-hybridized carbons (Fsp3) is 0.190. The van der Waals surface area contributed by atoms with Crippen LogP contribution in [0.4, 0.5) is 4.79 Å². The third-order valence-electron chi connectivity index (χ3n) is 4.29. The third kappa shape index (κ3) is 3.88. The molecule has 7 heteroatoms. The van der Waals surface area contributed by atoms with E-state index in [4.69, 9.17) is 9.47 Å². The predicted molar refractivity (Wildman–Crippen MR) is 102 cm³/mol. The second kappa shape index (κ2) is 8.39. The first-order valence-electron chi connectivity index (χ1n) is 8.77. The zero-order valence-corrected chi connectivity index (χ0v) is 15.5. The van der Waals surface area contributed by atoms with E-state index < -0.39 is 24.0 Å². The summed E-state index contributed by atoms with van der Waals surface area (Å²) in [5, 5.41) is 5.47. The molecule has 0 aromatic heterocycles. The maximum absolute atomic E-state index is 12.7. The summed E-state index contributed by atoms with van der Waals surface area (Å²) in [4.78, 5) is 36.7. The zero-order chi connectivity index (χ0) is 20.1. The Kier molecular flexibility index (Phi) is 5.74. The molecule has 1 atom stereocenters. The smallest absolute Gasteiger partial charge is 0.338 e. The largest absolute Gasteiger partial charge is 0.465 e. The third-order valence-corrected chi connectivity index (χ3v) is 4.29. The number of hydrogen-bond acceptors (Lipinski definition) is 5. The summed E-state index contributed by atoms with van der Waals surface area (Å²) in [6.07, 6.45) is 0. The summed E-state index contributed by atoms with van der Waals surface area (Å²) >= 11 is 0. The van der Waals surface area contributed by atoms with Crippen LogP contribution < -0.4 is 10.6 Å². The van der Waals surface area contributed by atoms with Gasteiger partial charge in [0, 0.05) is 0 Å². The lowest BCUT2D eigenvalue weighted by atomic mass is 9.92. The first-order valence-corrected chi connectivity index (χ1v) is 8.77. The van der Waals surface area contributed by atoms with Crippen molar-refractivity contribution in [1.29, 1.82) is 0 Å². The van der Waals surface area contributed by atoms with Gasteiger partial charge in [0.1, 0.15) is 0 Å². The van der Waals surface area contributed by atoms with Crippen LogP contribution in [-0.2, 0) is 14.3 Å². The van der Waals surface area contributed by atoms with E-state index in [9.17, 15) is 14.4 Å². The van der Waals surface area contributed by atoms with Crippen LogP contribution in [0.25, 0.3) is 5.70 Å². The molecule has 0 saturated heterocycles. The molecule has 144 valence electrons. The number of benzene rings is 2. The molecule has 0 radical (unpaired) electrons. The Morgan fingerprint density at radius 2 is 1.68 bits per heavy atom. The predicted octanol–water partition coefficient (Wildman–Crippen LogP) is 2.80. The van der Waals surface area contributed by atoms with Crippen molar-refractivity contribution in [1.82, 2.24) is 10.6 Å². The van der Waals surface area contributed by atoms with Crippen LogP contribution in [-0.4, -0.2) is 31.7 Å².